The summed E-state index contributed by atoms with van der Waals surface area (Å²) >= 11 is 8.25. The SMILES string of the molecule is CC(C)(O)CN(CCn1ccc2ncnc(Nc3ccc(Oc4cccc5sccc45)c(Cl)c3)c21)S(C)(=O)=O. The number of benzene rings is 2. The van der Waals surface area contributed by atoms with Crippen LogP contribution in [0.2, 0.25) is 5.02 Å². The fourth-order valence-electron chi connectivity index (χ4n) is 4.30. The molecule has 0 saturated heterocycles. The van der Waals surface area contributed by atoms with Crippen molar-refractivity contribution in [2.75, 3.05) is 24.7 Å². The van der Waals surface area contributed by atoms with E-state index in [0.29, 0.717) is 34.3 Å². The minimum absolute atomic E-state index is 0.0134. The Labute approximate surface area is 235 Å². The molecule has 0 aliphatic carbocycles. The quantitative estimate of drug-likeness (QED) is 0.211. The second-order valence-electron chi connectivity index (χ2n) is 9.84. The summed E-state index contributed by atoms with van der Waals surface area (Å²) < 4.78 is 35.0. The molecule has 2 aromatic carbocycles. The predicted molar refractivity (Wildman–Crippen MR) is 157 cm³/mol. The normalized spacial score (nSPS) is 12.5. The molecule has 0 aliphatic rings. The molecular weight excluding hydrogens is 558 g/mol. The van der Waals surface area contributed by atoms with E-state index >= 15 is 0 Å². The van der Waals surface area contributed by atoms with Crippen LogP contribution in [0.15, 0.2) is 66.4 Å². The van der Waals surface area contributed by atoms with Gasteiger partial charge in [0.25, 0.3) is 0 Å². The minimum atomic E-state index is -3.52. The number of sulfonamides is 1. The van der Waals surface area contributed by atoms with Gasteiger partial charge >= 0.3 is 0 Å². The molecule has 204 valence electrons. The van der Waals surface area contributed by atoms with Gasteiger partial charge in [-0.1, -0.05) is 17.7 Å². The second-order valence-corrected chi connectivity index (χ2v) is 13.2. The van der Waals surface area contributed by atoms with Crippen molar-refractivity contribution in [3.05, 3.63) is 71.5 Å². The molecule has 3 aromatic heterocycles. The van der Waals surface area contributed by atoms with Crippen LogP contribution in [-0.4, -0.2) is 57.3 Å². The molecule has 3 heterocycles. The molecule has 2 N–H and O–H groups in total. The highest BCUT2D eigenvalue weighted by atomic mass is 35.5. The maximum absolute atomic E-state index is 12.3. The lowest BCUT2D eigenvalue weighted by atomic mass is 10.1. The number of aromatic nitrogens is 3. The molecule has 0 bridgehead atoms. The number of ether oxygens (including phenoxy) is 1. The van der Waals surface area contributed by atoms with Crippen molar-refractivity contribution in [2.45, 2.75) is 26.0 Å². The molecule has 12 heteroatoms. The number of hydrogen-bond acceptors (Lipinski definition) is 8. The fourth-order valence-corrected chi connectivity index (χ4v) is 6.28. The molecule has 0 spiro atoms. The van der Waals surface area contributed by atoms with E-state index in [1.807, 2.05) is 52.5 Å². The Bertz CT molecular complexity index is 1740. The zero-order valence-electron chi connectivity index (χ0n) is 21.6. The zero-order chi connectivity index (χ0) is 27.8. The molecule has 9 nitrogen and oxygen atoms in total. The molecule has 0 saturated carbocycles. The average Bonchev–Trinajstić information content (AvgIpc) is 3.50. The molecule has 5 aromatic rings. The van der Waals surface area contributed by atoms with Crippen LogP contribution < -0.4 is 10.1 Å². The van der Waals surface area contributed by atoms with Crippen LogP contribution in [0, 0.1) is 0 Å². The first-order valence-corrected chi connectivity index (χ1v) is 15.3. The number of halogens is 1. The Morgan fingerprint density at radius 2 is 1.97 bits per heavy atom. The summed E-state index contributed by atoms with van der Waals surface area (Å²) in [5.74, 6) is 1.82. The first-order chi connectivity index (χ1) is 18.5. The molecule has 39 heavy (non-hydrogen) atoms. The number of fused-ring (bicyclic) bond motifs is 2. The molecule has 0 atom stereocenters. The molecule has 0 fully saturated rings. The summed E-state index contributed by atoms with van der Waals surface area (Å²) in [4.78, 5) is 8.78. The number of nitrogens with one attached hydrogen (secondary N) is 1. The van der Waals surface area contributed by atoms with Crippen molar-refractivity contribution in [3.63, 3.8) is 0 Å². The largest absolute Gasteiger partial charge is 0.455 e. The standard InChI is InChI=1S/C27H28ClN5O4S2/c1-27(2,34)16-33(39(3,35)36)13-12-32-11-9-21-25(32)26(30-17-29-21)31-18-7-8-23(20(28)15-18)37-22-5-4-6-24-19(22)10-14-38-24/h4-11,14-15,17,34H,12-13,16H2,1-3H3,(H,29,30,31). The molecule has 0 amide bonds. The van der Waals surface area contributed by atoms with E-state index in [0.717, 1.165) is 27.6 Å². The number of hydrogen-bond donors (Lipinski definition) is 2. The number of aliphatic hydroxyl groups is 1. The third-order valence-corrected chi connectivity index (χ3v) is 8.47. The van der Waals surface area contributed by atoms with E-state index in [-0.39, 0.29) is 13.1 Å². The Kier molecular flexibility index (Phi) is 7.53. The highest BCUT2D eigenvalue weighted by Crippen LogP contribution is 2.37. The van der Waals surface area contributed by atoms with Crippen LogP contribution >= 0.6 is 22.9 Å². The summed E-state index contributed by atoms with van der Waals surface area (Å²) in [7, 11) is -3.52. The van der Waals surface area contributed by atoms with Gasteiger partial charge in [0.2, 0.25) is 10.0 Å². The molecule has 0 radical (unpaired) electrons. The Balaban J connectivity index is 1.37. The average molecular weight is 586 g/mol. The smallest absolute Gasteiger partial charge is 0.211 e. The van der Waals surface area contributed by atoms with Crippen LogP contribution in [0.3, 0.4) is 0 Å². The van der Waals surface area contributed by atoms with E-state index < -0.39 is 15.6 Å². The highest BCUT2D eigenvalue weighted by molar-refractivity contribution is 7.88. The van der Waals surface area contributed by atoms with Gasteiger partial charge in [0.05, 0.1) is 22.4 Å². The minimum Gasteiger partial charge on any atom is -0.455 e. The van der Waals surface area contributed by atoms with Gasteiger partial charge in [-0.2, -0.15) is 4.31 Å². The number of thiophene rings is 1. The summed E-state index contributed by atoms with van der Waals surface area (Å²) in [6, 6.07) is 15.2. The van der Waals surface area contributed by atoms with Crippen LogP contribution in [0.1, 0.15) is 13.8 Å². The van der Waals surface area contributed by atoms with Gasteiger partial charge in [-0.25, -0.2) is 18.4 Å². The van der Waals surface area contributed by atoms with Crippen molar-refractivity contribution in [3.8, 4) is 11.5 Å². The van der Waals surface area contributed by atoms with Crippen molar-refractivity contribution >= 4 is 65.6 Å². The monoisotopic (exact) mass is 585 g/mol. The van der Waals surface area contributed by atoms with Gasteiger partial charge in [-0.15, -0.1) is 11.3 Å². The number of nitrogens with zero attached hydrogens (tertiary/aromatic N) is 4. The summed E-state index contributed by atoms with van der Waals surface area (Å²) in [5.41, 5.74) is 0.961. The second kappa shape index (κ2) is 10.7. The molecule has 0 aliphatic heterocycles. The van der Waals surface area contributed by atoms with Gasteiger partial charge in [0, 0.05) is 41.6 Å². The van der Waals surface area contributed by atoms with Crippen molar-refractivity contribution in [1.82, 2.24) is 18.8 Å². The third-order valence-electron chi connectivity index (χ3n) is 6.04. The van der Waals surface area contributed by atoms with Gasteiger partial charge in [-0.3, -0.25) is 0 Å². The summed E-state index contributed by atoms with van der Waals surface area (Å²) in [6.07, 6.45) is 4.44. The van der Waals surface area contributed by atoms with E-state index in [1.54, 1.807) is 37.3 Å². The first-order valence-electron chi connectivity index (χ1n) is 12.2. The van der Waals surface area contributed by atoms with E-state index in [2.05, 4.69) is 15.3 Å². The lowest BCUT2D eigenvalue weighted by Gasteiger charge is -2.27. The van der Waals surface area contributed by atoms with Crippen molar-refractivity contribution < 1.29 is 18.3 Å². The van der Waals surface area contributed by atoms with Crippen LogP contribution in [-0.2, 0) is 16.6 Å². The van der Waals surface area contributed by atoms with Crippen molar-refractivity contribution in [1.29, 1.82) is 0 Å². The predicted octanol–water partition coefficient (Wildman–Crippen LogP) is 5.87. The Morgan fingerprint density at radius 1 is 1.15 bits per heavy atom. The molecular formula is C27H28ClN5O4S2. The lowest BCUT2D eigenvalue weighted by molar-refractivity contribution is 0.0587. The van der Waals surface area contributed by atoms with E-state index in [9.17, 15) is 13.5 Å². The summed E-state index contributed by atoms with van der Waals surface area (Å²) in [5, 5.41) is 17.0. The van der Waals surface area contributed by atoms with Gasteiger partial charge in [-0.05, 0) is 61.7 Å². The zero-order valence-corrected chi connectivity index (χ0v) is 24.0. The number of anilines is 2. The Morgan fingerprint density at radius 3 is 2.72 bits per heavy atom. The maximum atomic E-state index is 12.3. The van der Waals surface area contributed by atoms with Gasteiger partial charge in [0.1, 0.15) is 23.3 Å². The fraction of sp³-hybridized carbons (Fsp3) is 0.259. The highest BCUT2D eigenvalue weighted by Gasteiger charge is 2.25. The topological polar surface area (TPSA) is 110 Å². The third kappa shape index (κ3) is 6.34. The van der Waals surface area contributed by atoms with Crippen LogP contribution in [0.5, 0.6) is 11.5 Å². The summed E-state index contributed by atoms with van der Waals surface area (Å²) in [6.45, 7) is 3.67. The van der Waals surface area contributed by atoms with Gasteiger partial charge < -0.3 is 19.7 Å². The maximum Gasteiger partial charge on any atom is 0.211 e. The first kappa shape index (κ1) is 27.4. The molecule has 0 unspecified atom stereocenters. The van der Waals surface area contributed by atoms with Gasteiger partial charge in [0.15, 0.2) is 5.82 Å². The van der Waals surface area contributed by atoms with E-state index in [4.69, 9.17) is 16.3 Å². The van der Waals surface area contributed by atoms with Crippen LogP contribution in [0.25, 0.3) is 21.1 Å². The molecule has 5 rings (SSSR count). The lowest BCUT2D eigenvalue weighted by Crippen LogP contribution is -2.43. The van der Waals surface area contributed by atoms with E-state index in [1.165, 1.54) is 10.6 Å². The van der Waals surface area contributed by atoms with Crippen LogP contribution in [0.4, 0.5) is 11.5 Å². The Hall–Kier alpha value is -3.22. The number of rotatable bonds is 10. The van der Waals surface area contributed by atoms with Crippen molar-refractivity contribution in [2.24, 2.45) is 0 Å².